The number of carbonyl (C=O) groups is 1. The van der Waals surface area contributed by atoms with E-state index < -0.39 is 23.8 Å². The maximum atomic E-state index is 14.0. The number of benzene rings is 2. The quantitative estimate of drug-likeness (QED) is 0.0712. The molecule has 1 amide bonds. The molecule has 290 valence electrons. The third-order valence-electron chi connectivity index (χ3n) is 10.5. The molecule has 12 heteroatoms. The maximum absolute atomic E-state index is 14.0. The summed E-state index contributed by atoms with van der Waals surface area (Å²) in [6.45, 7) is 6.57. The van der Waals surface area contributed by atoms with Gasteiger partial charge in [0.1, 0.15) is 24.1 Å². The molecule has 0 radical (unpaired) electrons. The minimum absolute atomic E-state index is 0.0271. The first-order chi connectivity index (χ1) is 25.9. The molecule has 0 aromatic heterocycles. The number of unbranched alkanes of at least 4 members (excludes halogenated alkanes) is 2. The number of hydrogen-bond donors (Lipinski definition) is 4. The number of allylic oxidation sites excluding steroid dienone is 1. The van der Waals surface area contributed by atoms with Crippen LogP contribution in [0.2, 0.25) is 0 Å². The summed E-state index contributed by atoms with van der Waals surface area (Å²) < 4.78 is 25.3. The van der Waals surface area contributed by atoms with Gasteiger partial charge in [-0.2, -0.15) is 0 Å². The molecular weight excluding hydrogens is 680 g/mol. The molecule has 1 aliphatic heterocycles. The highest BCUT2D eigenvalue weighted by atomic mass is 16.7. The first-order valence-corrected chi connectivity index (χ1v) is 19.0. The van der Waals surface area contributed by atoms with Crippen LogP contribution in [0.1, 0.15) is 68.9 Å². The Labute approximate surface area is 312 Å². The number of phenols is 1. The van der Waals surface area contributed by atoms with Gasteiger partial charge in [0.2, 0.25) is 5.79 Å². The zero-order valence-electron chi connectivity index (χ0n) is 30.8. The van der Waals surface area contributed by atoms with E-state index in [4.69, 9.17) is 28.9 Å². The van der Waals surface area contributed by atoms with Gasteiger partial charge in [0.05, 0.1) is 44.7 Å². The van der Waals surface area contributed by atoms with Crippen molar-refractivity contribution in [2.24, 2.45) is 22.9 Å². The summed E-state index contributed by atoms with van der Waals surface area (Å²) in [5, 5.41) is 44.6. The standard InChI is InChI=1S/C41H56N2O10/c1-3-22-51-41-37(43(40(48)50-4-2)18-23-49-24-21-46)27-35(42-52-28-29-12-6-5-7-13-29)33-25-30(14-8-10-19-44)32(15-9-11-20-45)38(39(33)41)34-26-31(47)16-17-36(34)53-41/h3,5-7,12-13,16-17,25-26,30,32,37-39,44-47H,1,4,8-11,14-15,18-24,27-28H2,2H3. The fourth-order valence-electron chi connectivity index (χ4n) is 8.33. The first-order valence-electron chi connectivity index (χ1n) is 19.0. The Kier molecular flexibility index (Phi) is 15.1. The van der Waals surface area contributed by atoms with Crippen LogP contribution in [0.3, 0.4) is 0 Å². The molecule has 4 N–H and O–H groups in total. The third-order valence-corrected chi connectivity index (χ3v) is 10.5. The third kappa shape index (κ3) is 9.42. The number of aliphatic hydroxyl groups excluding tert-OH is 3. The van der Waals surface area contributed by atoms with Gasteiger partial charge in [0.25, 0.3) is 0 Å². The monoisotopic (exact) mass is 736 g/mol. The topological polar surface area (TPSA) is 160 Å². The lowest BCUT2D eigenvalue weighted by Gasteiger charge is -2.59. The molecule has 2 aromatic carbocycles. The summed E-state index contributed by atoms with van der Waals surface area (Å²) in [5.74, 6) is -1.49. The van der Waals surface area contributed by atoms with Crippen molar-refractivity contribution in [2.45, 2.75) is 76.2 Å². The summed E-state index contributed by atoms with van der Waals surface area (Å²) in [6.07, 6.45) is 8.04. The highest BCUT2D eigenvalue weighted by Gasteiger charge is 2.65. The second kappa shape index (κ2) is 19.9. The van der Waals surface area contributed by atoms with Crippen LogP contribution >= 0.6 is 0 Å². The molecule has 6 unspecified atom stereocenters. The average Bonchev–Trinajstić information content (AvgIpc) is 3.16. The van der Waals surface area contributed by atoms with Crippen LogP contribution in [0.15, 0.2) is 78.0 Å². The lowest BCUT2D eigenvalue weighted by Crippen LogP contribution is -2.70. The Hall–Kier alpha value is -3.94. The number of nitrogens with zero attached hydrogens (tertiary/aromatic N) is 2. The van der Waals surface area contributed by atoms with E-state index in [1.807, 2.05) is 30.3 Å². The second-order valence-corrected chi connectivity index (χ2v) is 13.8. The molecule has 1 fully saturated rings. The molecule has 6 atom stereocenters. The van der Waals surface area contributed by atoms with Gasteiger partial charge in [-0.05, 0) is 73.8 Å². The van der Waals surface area contributed by atoms with Crippen LogP contribution in [-0.2, 0) is 25.7 Å². The molecule has 12 nitrogen and oxygen atoms in total. The van der Waals surface area contributed by atoms with Crippen molar-refractivity contribution in [3.8, 4) is 11.5 Å². The second-order valence-electron chi connectivity index (χ2n) is 13.8. The number of fused-ring (bicyclic) bond motifs is 2. The molecular formula is C41H56N2O10. The summed E-state index contributed by atoms with van der Waals surface area (Å²) in [5.41, 5.74) is 3.33. The zero-order chi connectivity index (χ0) is 37.6. The van der Waals surface area contributed by atoms with E-state index in [0.717, 1.165) is 42.4 Å². The Morgan fingerprint density at radius 3 is 2.53 bits per heavy atom. The van der Waals surface area contributed by atoms with Crippen LogP contribution in [0.25, 0.3) is 0 Å². The van der Waals surface area contributed by atoms with Gasteiger partial charge in [-0.3, -0.25) is 4.90 Å². The predicted octanol–water partition coefficient (Wildman–Crippen LogP) is 5.69. The van der Waals surface area contributed by atoms with E-state index in [0.29, 0.717) is 24.3 Å². The molecule has 1 heterocycles. The molecule has 53 heavy (non-hydrogen) atoms. The normalized spacial score (nSPS) is 25.1. The van der Waals surface area contributed by atoms with E-state index in [1.165, 1.54) is 0 Å². The van der Waals surface area contributed by atoms with Crippen LogP contribution in [-0.4, -0.2) is 102 Å². The van der Waals surface area contributed by atoms with E-state index in [9.17, 15) is 25.2 Å². The maximum Gasteiger partial charge on any atom is 0.410 e. The highest BCUT2D eigenvalue weighted by molar-refractivity contribution is 6.03. The number of aromatic hydroxyl groups is 1. The van der Waals surface area contributed by atoms with Gasteiger partial charge < -0.3 is 44.2 Å². The van der Waals surface area contributed by atoms with Gasteiger partial charge in [-0.15, -0.1) is 6.58 Å². The lowest BCUT2D eigenvalue weighted by atomic mass is 9.55. The smallest absolute Gasteiger partial charge is 0.410 e. The fraction of sp³-hybridized carbons (Fsp3) is 0.561. The molecule has 5 rings (SSSR count). The summed E-state index contributed by atoms with van der Waals surface area (Å²) in [4.78, 5) is 21.7. The molecule has 0 saturated heterocycles. The van der Waals surface area contributed by atoms with Gasteiger partial charge in [-0.1, -0.05) is 60.5 Å². The van der Waals surface area contributed by atoms with Gasteiger partial charge in [0.15, 0.2) is 0 Å². The van der Waals surface area contributed by atoms with E-state index >= 15 is 0 Å². The van der Waals surface area contributed by atoms with Crippen LogP contribution in [0.5, 0.6) is 11.5 Å². The Bertz CT molecular complexity index is 1530. The summed E-state index contributed by atoms with van der Waals surface area (Å²) in [6, 6.07) is 14.1. The van der Waals surface area contributed by atoms with Crippen molar-refractivity contribution in [3.05, 3.63) is 84.0 Å². The van der Waals surface area contributed by atoms with Crippen molar-refractivity contribution in [1.29, 1.82) is 0 Å². The first kappa shape index (κ1) is 40.2. The SMILES string of the molecule is C=CCOC12Oc3ccc(O)cc3C3C(CCCCO)C(CCCCO)C=C(C(=NOCc4ccccc4)CC1N(CCOCCO)C(=O)OCC)C32. The number of carbonyl (C=O) groups excluding carboxylic acids is 1. The summed E-state index contributed by atoms with van der Waals surface area (Å²) >= 11 is 0. The largest absolute Gasteiger partial charge is 0.508 e. The van der Waals surface area contributed by atoms with Gasteiger partial charge >= 0.3 is 6.09 Å². The number of rotatable bonds is 21. The van der Waals surface area contributed by atoms with Crippen molar-refractivity contribution >= 4 is 11.8 Å². The molecule has 1 saturated carbocycles. The molecule has 3 aliphatic rings. The van der Waals surface area contributed by atoms with E-state index in [2.05, 4.69) is 12.7 Å². The van der Waals surface area contributed by atoms with Gasteiger partial charge in [0, 0.05) is 37.7 Å². The van der Waals surface area contributed by atoms with Crippen molar-refractivity contribution in [2.75, 3.05) is 52.8 Å². The summed E-state index contributed by atoms with van der Waals surface area (Å²) in [7, 11) is 0. The van der Waals surface area contributed by atoms with Crippen LogP contribution < -0.4 is 4.74 Å². The Morgan fingerprint density at radius 2 is 1.81 bits per heavy atom. The van der Waals surface area contributed by atoms with E-state index in [1.54, 1.807) is 36.1 Å². The number of amides is 1. The Morgan fingerprint density at radius 1 is 1.04 bits per heavy atom. The van der Waals surface area contributed by atoms with Crippen LogP contribution in [0.4, 0.5) is 4.79 Å². The lowest BCUT2D eigenvalue weighted by molar-refractivity contribution is -0.256. The molecule has 0 spiro atoms. The predicted molar refractivity (Wildman–Crippen MR) is 199 cm³/mol. The molecule has 0 bridgehead atoms. The van der Waals surface area contributed by atoms with Crippen molar-refractivity contribution in [1.82, 2.24) is 4.90 Å². The fourth-order valence-corrected chi connectivity index (χ4v) is 8.33. The minimum atomic E-state index is -1.46. The number of oxime groups is 1. The number of ether oxygens (including phenoxy) is 4. The van der Waals surface area contributed by atoms with Crippen molar-refractivity contribution < 1.29 is 49.0 Å². The number of hydrogen-bond acceptors (Lipinski definition) is 11. The Balaban J connectivity index is 1.73. The minimum Gasteiger partial charge on any atom is -0.508 e. The number of phenolic OH excluding ortho intramolecular Hbond substituents is 1. The number of aliphatic hydroxyl groups is 3. The van der Waals surface area contributed by atoms with Gasteiger partial charge in [-0.25, -0.2) is 4.79 Å². The van der Waals surface area contributed by atoms with E-state index in [-0.39, 0.29) is 89.3 Å². The zero-order valence-corrected chi connectivity index (χ0v) is 30.8. The molecule has 2 aromatic rings. The van der Waals surface area contributed by atoms with Crippen molar-refractivity contribution in [3.63, 3.8) is 0 Å². The van der Waals surface area contributed by atoms with Crippen LogP contribution in [0, 0.1) is 17.8 Å². The molecule has 2 aliphatic carbocycles. The highest BCUT2D eigenvalue weighted by Crippen LogP contribution is 2.61. The average molecular weight is 737 g/mol.